The molecule has 0 aliphatic heterocycles. The Kier molecular flexibility index (Phi) is 6.94. The number of amides is 1. The zero-order valence-corrected chi connectivity index (χ0v) is 18.3. The lowest BCUT2D eigenvalue weighted by molar-refractivity contribution is -0.113. The maximum atomic E-state index is 12.5. The molecule has 3 rings (SSSR count). The molecule has 0 bridgehead atoms. The highest BCUT2D eigenvalue weighted by Gasteiger charge is 2.15. The van der Waals surface area contributed by atoms with Crippen LogP contribution < -0.4 is 5.32 Å². The SMILES string of the molecule is Cc1sc2ncnc(SCC(=O)Nc3ccccc3SC(C)CC#N)c2c1C. The molecule has 0 fully saturated rings. The summed E-state index contributed by atoms with van der Waals surface area (Å²) < 4.78 is 0. The van der Waals surface area contributed by atoms with Crippen LogP contribution in [0.1, 0.15) is 23.8 Å². The zero-order valence-electron chi connectivity index (χ0n) is 15.9. The van der Waals surface area contributed by atoms with Crippen LogP contribution >= 0.6 is 34.9 Å². The molecule has 8 heteroatoms. The predicted octanol–water partition coefficient (Wildman–Crippen LogP) is 5.43. The van der Waals surface area contributed by atoms with Crippen molar-refractivity contribution in [1.82, 2.24) is 9.97 Å². The number of fused-ring (bicyclic) bond motifs is 1. The Labute approximate surface area is 177 Å². The van der Waals surface area contributed by atoms with E-state index < -0.39 is 0 Å². The quantitative estimate of drug-likeness (QED) is 0.399. The Bertz CT molecular complexity index is 1040. The first-order chi connectivity index (χ1) is 13.5. The van der Waals surface area contributed by atoms with Gasteiger partial charge in [-0.25, -0.2) is 9.97 Å². The third-order valence-electron chi connectivity index (χ3n) is 4.14. The van der Waals surface area contributed by atoms with Gasteiger partial charge in [-0.05, 0) is 31.5 Å². The van der Waals surface area contributed by atoms with E-state index in [-0.39, 0.29) is 16.9 Å². The molecule has 0 saturated carbocycles. The number of thioether (sulfide) groups is 2. The van der Waals surface area contributed by atoms with Crippen molar-refractivity contribution in [2.24, 2.45) is 0 Å². The normalized spacial score (nSPS) is 11.9. The van der Waals surface area contributed by atoms with E-state index in [1.54, 1.807) is 29.4 Å². The van der Waals surface area contributed by atoms with Gasteiger partial charge in [-0.1, -0.05) is 30.8 Å². The van der Waals surface area contributed by atoms with Crippen LogP contribution in [-0.4, -0.2) is 26.9 Å². The Morgan fingerprint density at radius 3 is 2.89 bits per heavy atom. The number of thiophene rings is 1. The molecule has 0 aliphatic carbocycles. The van der Waals surface area contributed by atoms with E-state index in [9.17, 15) is 4.79 Å². The first kappa shape index (κ1) is 20.6. The van der Waals surface area contributed by atoms with Crippen LogP contribution in [0.2, 0.25) is 0 Å². The fraction of sp³-hybridized carbons (Fsp3) is 0.300. The van der Waals surface area contributed by atoms with Crippen molar-refractivity contribution >= 4 is 56.7 Å². The largest absolute Gasteiger partial charge is 0.324 e. The van der Waals surface area contributed by atoms with Gasteiger partial charge in [-0.3, -0.25) is 4.79 Å². The van der Waals surface area contributed by atoms with Crippen molar-refractivity contribution < 1.29 is 4.79 Å². The van der Waals surface area contributed by atoms with Gasteiger partial charge in [0.25, 0.3) is 0 Å². The topological polar surface area (TPSA) is 78.7 Å². The Morgan fingerprint density at radius 2 is 2.11 bits per heavy atom. The van der Waals surface area contributed by atoms with Crippen molar-refractivity contribution in [3.63, 3.8) is 0 Å². The highest BCUT2D eigenvalue weighted by atomic mass is 32.2. The lowest BCUT2D eigenvalue weighted by Gasteiger charge is -2.13. The predicted molar refractivity (Wildman–Crippen MR) is 118 cm³/mol. The monoisotopic (exact) mass is 428 g/mol. The van der Waals surface area contributed by atoms with E-state index in [1.165, 1.54) is 22.2 Å². The second kappa shape index (κ2) is 9.41. The number of benzene rings is 1. The summed E-state index contributed by atoms with van der Waals surface area (Å²) in [6.07, 6.45) is 2.02. The summed E-state index contributed by atoms with van der Waals surface area (Å²) in [5.41, 5.74) is 1.95. The van der Waals surface area contributed by atoms with E-state index in [0.717, 1.165) is 25.8 Å². The van der Waals surface area contributed by atoms with E-state index in [0.29, 0.717) is 6.42 Å². The molecule has 1 aromatic carbocycles. The molecule has 0 saturated heterocycles. The molecule has 1 unspecified atom stereocenters. The van der Waals surface area contributed by atoms with Crippen LogP contribution in [-0.2, 0) is 4.79 Å². The number of carbonyl (C=O) groups is 1. The van der Waals surface area contributed by atoms with Gasteiger partial charge in [0.15, 0.2) is 0 Å². The maximum absolute atomic E-state index is 12.5. The number of aryl methyl sites for hydroxylation is 2. The number of para-hydroxylation sites is 1. The fourth-order valence-electron chi connectivity index (χ4n) is 2.64. The van der Waals surface area contributed by atoms with Gasteiger partial charge in [0, 0.05) is 26.8 Å². The molecule has 1 amide bonds. The minimum atomic E-state index is -0.0812. The summed E-state index contributed by atoms with van der Waals surface area (Å²) >= 11 is 4.67. The summed E-state index contributed by atoms with van der Waals surface area (Å²) in [4.78, 5) is 24.4. The molecule has 2 aromatic heterocycles. The van der Waals surface area contributed by atoms with Crippen molar-refractivity contribution in [2.75, 3.05) is 11.1 Å². The Morgan fingerprint density at radius 1 is 1.32 bits per heavy atom. The van der Waals surface area contributed by atoms with Gasteiger partial charge in [0.1, 0.15) is 16.2 Å². The molecule has 144 valence electrons. The van der Waals surface area contributed by atoms with Gasteiger partial charge in [0.2, 0.25) is 5.91 Å². The average Bonchev–Trinajstić information content (AvgIpc) is 2.96. The fourth-order valence-corrected chi connectivity index (χ4v) is 5.55. The van der Waals surface area contributed by atoms with E-state index in [4.69, 9.17) is 5.26 Å². The number of hydrogen-bond donors (Lipinski definition) is 1. The lowest BCUT2D eigenvalue weighted by atomic mass is 10.2. The van der Waals surface area contributed by atoms with Crippen LogP contribution in [0.25, 0.3) is 10.2 Å². The summed E-state index contributed by atoms with van der Waals surface area (Å²) in [6, 6.07) is 9.87. The zero-order chi connectivity index (χ0) is 20.1. The summed E-state index contributed by atoms with van der Waals surface area (Å²) in [5, 5.41) is 13.9. The molecule has 0 aliphatic rings. The number of nitriles is 1. The molecule has 0 radical (unpaired) electrons. The van der Waals surface area contributed by atoms with Crippen molar-refractivity contribution in [3.05, 3.63) is 41.0 Å². The van der Waals surface area contributed by atoms with Gasteiger partial charge in [-0.2, -0.15) is 5.26 Å². The van der Waals surface area contributed by atoms with E-state index in [2.05, 4.69) is 35.2 Å². The van der Waals surface area contributed by atoms with Crippen LogP contribution in [0.15, 0.2) is 40.5 Å². The van der Waals surface area contributed by atoms with Crippen LogP contribution in [0.5, 0.6) is 0 Å². The first-order valence-corrected chi connectivity index (χ1v) is 11.4. The molecule has 5 nitrogen and oxygen atoms in total. The maximum Gasteiger partial charge on any atom is 0.234 e. The number of nitrogens with one attached hydrogen (secondary N) is 1. The molecule has 3 aromatic rings. The second-order valence-corrected chi connectivity index (χ2v) is 9.91. The highest BCUT2D eigenvalue weighted by Crippen LogP contribution is 2.35. The highest BCUT2D eigenvalue weighted by molar-refractivity contribution is 8.00. The Hall–Kier alpha value is -2.08. The number of anilines is 1. The minimum absolute atomic E-state index is 0.0812. The van der Waals surface area contributed by atoms with Crippen molar-refractivity contribution in [3.8, 4) is 6.07 Å². The average molecular weight is 429 g/mol. The minimum Gasteiger partial charge on any atom is -0.324 e. The summed E-state index contributed by atoms with van der Waals surface area (Å²) in [6.45, 7) is 6.15. The number of rotatable bonds is 7. The third kappa shape index (κ3) is 4.85. The van der Waals surface area contributed by atoms with Crippen LogP contribution in [0, 0.1) is 25.2 Å². The standard InChI is InChI=1S/C20H20N4OS3/c1-12(8-9-21)27-16-7-5-4-6-15(16)24-17(25)10-26-19-18-13(2)14(3)28-20(18)23-11-22-19/h4-7,11-12H,8,10H2,1-3H3,(H,24,25). The van der Waals surface area contributed by atoms with Gasteiger partial charge >= 0.3 is 0 Å². The number of nitrogens with zero attached hydrogens (tertiary/aromatic N) is 3. The van der Waals surface area contributed by atoms with E-state index >= 15 is 0 Å². The summed E-state index contributed by atoms with van der Waals surface area (Å²) in [7, 11) is 0. The van der Waals surface area contributed by atoms with Crippen LogP contribution in [0.4, 0.5) is 5.69 Å². The number of carbonyl (C=O) groups excluding carboxylic acids is 1. The molecule has 0 spiro atoms. The molecule has 2 heterocycles. The van der Waals surface area contributed by atoms with Gasteiger partial charge in [0.05, 0.1) is 17.5 Å². The molecule has 1 atom stereocenters. The van der Waals surface area contributed by atoms with Gasteiger partial charge in [-0.15, -0.1) is 23.1 Å². The second-order valence-electron chi connectivity index (χ2n) is 6.27. The third-order valence-corrected chi connectivity index (χ3v) is 7.42. The van der Waals surface area contributed by atoms with E-state index in [1.807, 2.05) is 31.2 Å². The molecule has 28 heavy (non-hydrogen) atoms. The molecule has 1 N–H and O–H groups in total. The van der Waals surface area contributed by atoms with Gasteiger partial charge < -0.3 is 5.32 Å². The lowest BCUT2D eigenvalue weighted by Crippen LogP contribution is -2.15. The molecular weight excluding hydrogens is 408 g/mol. The van der Waals surface area contributed by atoms with Crippen molar-refractivity contribution in [2.45, 2.75) is 42.4 Å². The smallest absolute Gasteiger partial charge is 0.234 e. The van der Waals surface area contributed by atoms with Crippen LogP contribution in [0.3, 0.4) is 0 Å². The Balaban J connectivity index is 1.68. The number of hydrogen-bond acceptors (Lipinski definition) is 7. The number of aromatic nitrogens is 2. The molecular formula is C20H20N4OS3. The summed E-state index contributed by atoms with van der Waals surface area (Å²) in [5.74, 6) is 0.190. The van der Waals surface area contributed by atoms with Crippen molar-refractivity contribution in [1.29, 1.82) is 5.26 Å². The first-order valence-electron chi connectivity index (χ1n) is 8.75.